The molecular formula is C13H21NO2. The minimum atomic E-state index is 0.175. The van der Waals surface area contributed by atoms with Crippen molar-refractivity contribution in [2.45, 2.75) is 26.8 Å². The van der Waals surface area contributed by atoms with Crippen molar-refractivity contribution in [3.05, 3.63) is 29.3 Å². The van der Waals surface area contributed by atoms with Crippen LogP contribution in [0.5, 0.6) is 5.75 Å². The van der Waals surface area contributed by atoms with Gasteiger partial charge in [-0.25, -0.2) is 0 Å². The zero-order valence-corrected chi connectivity index (χ0v) is 10.1. The molecule has 90 valence electrons. The molecule has 0 aromatic heterocycles. The Balaban J connectivity index is 2.69. The molecule has 3 heteroatoms. The van der Waals surface area contributed by atoms with Gasteiger partial charge in [0.05, 0.1) is 6.61 Å². The molecule has 3 nitrogen and oxygen atoms in total. The van der Waals surface area contributed by atoms with E-state index in [-0.39, 0.29) is 6.61 Å². The SMILES string of the molecule is CCNCc1cccc(C)c1OCCCO. The van der Waals surface area contributed by atoms with Gasteiger partial charge in [-0.05, 0) is 19.0 Å². The van der Waals surface area contributed by atoms with Gasteiger partial charge >= 0.3 is 0 Å². The predicted molar refractivity (Wildman–Crippen MR) is 65.8 cm³/mol. The van der Waals surface area contributed by atoms with Crippen molar-refractivity contribution in [3.8, 4) is 5.75 Å². The quantitative estimate of drug-likeness (QED) is 0.693. The molecule has 1 aromatic rings. The van der Waals surface area contributed by atoms with Crippen molar-refractivity contribution in [1.82, 2.24) is 5.32 Å². The number of para-hydroxylation sites is 1. The number of hydrogen-bond donors (Lipinski definition) is 2. The Kier molecular flexibility index (Phi) is 5.90. The monoisotopic (exact) mass is 223 g/mol. The van der Waals surface area contributed by atoms with E-state index in [1.807, 2.05) is 19.1 Å². The topological polar surface area (TPSA) is 41.5 Å². The standard InChI is InChI=1S/C13H21NO2/c1-3-14-10-12-7-4-6-11(2)13(12)16-9-5-8-15/h4,6-7,14-15H,3,5,8-10H2,1-2H3. The lowest BCUT2D eigenvalue weighted by Gasteiger charge is -2.14. The molecule has 0 fully saturated rings. The second-order valence-electron chi connectivity index (χ2n) is 3.77. The Hall–Kier alpha value is -1.06. The number of benzene rings is 1. The highest BCUT2D eigenvalue weighted by Gasteiger charge is 2.05. The van der Waals surface area contributed by atoms with Crippen molar-refractivity contribution in [2.24, 2.45) is 0 Å². The van der Waals surface area contributed by atoms with Gasteiger partial charge in [0.15, 0.2) is 0 Å². The number of hydrogen-bond acceptors (Lipinski definition) is 3. The highest BCUT2D eigenvalue weighted by atomic mass is 16.5. The van der Waals surface area contributed by atoms with Crippen LogP contribution in [0.15, 0.2) is 18.2 Å². The Bertz CT molecular complexity index is 313. The first-order valence-corrected chi connectivity index (χ1v) is 5.82. The van der Waals surface area contributed by atoms with Gasteiger partial charge in [-0.1, -0.05) is 25.1 Å². The molecule has 0 saturated heterocycles. The minimum absolute atomic E-state index is 0.175. The molecule has 2 N–H and O–H groups in total. The molecule has 0 aliphatic rings. The van der Waals surface area contributed by atoms with Gasteiger partial charge in [0.2, 0.25) is 0 Å². The lowest BCUT2D eigenvalue weighted by molar-refractivity contribution is 0.231. The van der Waals surface area contributed by atoms with Crippen LogP contribution in [0.3, 0.4) is 0 Å². The predicted octanol–water partition coefficient (Wildman–Crippen LogP) is 1.87. The van der Waals surface area contributed by atoms with Gasteiger partial charge < -0.3 is 15.2 Å². The Morgan fingerprint density at radius 3 is 2.88 bits per heavy atom. The molecule has 0 heterocycles. The number of aryl methyl sites for hydroxylation is 1. The third-order valence-electron chi connectivity index (χ3n) is 2.41. The molecule has 16 heavy (non-hydrogen) atoms. The largest absolute Gasteiger partial charge is 0.493 e. The smallest absolute Gasteiger partial charge is 0.126 e. The fourth-order valence-electron chi connectivity index (χ4n) is 1.56. The average Bonchev–Trinajstić information content (AvgIpc) is 2.29. The zero-order chi connectivity index (χ0) is 11.8. The van der Waals surface area contributed by atoms with Gasteiger partial charge in [0.25, 0.3) is 0 Å². The summed E-state index contributed by atoms with van der Waals surface area (Å²) in [4.78, 5) is 0. The van der Waals surface area contributed by atoms with E-state index >= 15 is 0 Å². The van der Waals surface area contributed by atoms with Crippen molar-refractivity contribution in [1.29, 1.82) is 0 Å². The second kappa shape index (κ2) is 7.25. The maximum absolute atomic E-state index is 8.73. The zero-order valence-electron chi connectivity index (χ0n) is 10.1. The van der Waals surface area contributed by atoms with E-state index in [0.717, 1.165) is 24.4 Å². The van der Waals surface area contributed by atoms with E-state index in [1.54, 1.807) is 0 Å². The van der Waals surface area contributed by atoms with Crippen LogP contribution in [0.4, 0.5) is 0 Å². The molecule has 0 aliphatic heterocycles. The third-order valence-corrected chi connectivity index (χ3v) is 2.41. The van der Waals surface area contributed by atoms with Crippen LogP contribution in [0.25, 0.3) is 0 Å². The van der Waals surface area contributed by atoms with Crippen molar-refractivity contribution in [2.75, 3.05) is 19.8 Å². The lowest BCUT2D eigenvalue weighted by Crippen LogP contribution is -2.13. The molecular weight excluding hydrogens is 202 g/mol. The summed E-state index contributed by atoms with van der Waals surface area (Å²) in [6, 6.07) is 6.16. The maximum Gasteiger partial charge on any atom is 0.126 e. The fourth-order valence-corrected chi connectivity index (χ4v) is 1.56. The van der Waals surface area contributed by atoms with Crippen molar-refractivity contribution >= 4 is 0 Å². The van der Waals surface area contributed by atoms with E-state index in [2.05, 4.69) is 18.3 Å². The Morgan fingerprint density at radius 1 is 1.38 bits per heavy atom. The van der Waals surface area contributed by atoms with E-state index in [4.69, 9.17) is 9.84 Å². The maximum atomic E-state index is 8.73. The first kappa shape index (κ1) is 13.0. The Morgan fingerprint density at radius 2 is 2.19 bits per heavy atom. The van der Waals surface area contributed by atoms with Crippen molar-refractivity contribution in [3.63, 3.8) is 0 Å². The second-order valence-corrected chi connectivity index (χ2v) is 3.77. The molecule has 0 bridgehead atoms. The molecule has 0 unspecified atom stereocenters. The van der Waals surface area contributed by atoms with E-state index in [1.165, 1.54) is 5.56 Å². The Labute approximate surface area is 97.4 Å². The van der Waals surface area contributed by atoms with Crippen LogP contribution in [0, 0.1) is 6.92 Å². The van der Waals surface area contributed by atoms with E-state index in [0.29, 0.717) is 13.0 Å². The molecule has 1 rings (SSSR count). The van der Waals surface area contributed by atoms with Crippen LogP contribution in [-0.4, -0.2) is 24.9 Å². The minimum Gasteiger partial charge on any atom is -0.493 e. The number of ether oxygens (including phenoxy) is 1. The summed E-state index contributed by atoms with van der Waals surface area (Å²) in [7, 11) is 0. The van der Waals surface area contributed by atoms with Crippen LogP contribution >= 0.6 is 0 Å². The number of aliphatic hydroxyl groups excluding tert-OH is 1. The van der Waals surface area contributed by atoms with Gasteiger partial charge in [0, 0.05) is 25.1 Å². The molecule has 0 aliphatic carbocycles. The summed E-state index contributed by atoms with van der Waals surface area (Å²) in [5, 5.41) is 12.0. The molecule has 0 saturated carbocycles. The third kappa shape index (κ3) is 3.83. The van der Waals surface area contributed by atoms with Crippen molar-refractivity contribution < 1.29 is 9.84 Å². The number of nitrogens with one attached hydrogen (secondary N) is 1. The summed E-state index contributed by atoms with van der Waals surface area (Å²) in [6.07, 6.45) is 0.676. The van der Waals surface area contributed by atoms with Gasteiger partial charge in [-0.2, -0.15) is 0 Å². The van der Waals surface area contributed by atoms with Gasteiger partial charge in [-0.15, -0.1) is 0 Å². The summed E-state index contributed by atoms with van der Waals surface area (Å²) < 4.78 is 5.71. The highest BCUT2D eigenvalue weighted by Crippen LogP contribution is 2.23. The van der Waals surface area contributed by atoms with E-state index in [9.17, 15) is 0 Å². The van der Waals surface area contributed by atoms with Crippen LogP contribution in [-0.2, 0) is 6.54 Å². The van der Waals surface area contributed by atoms with Crippen LogP contribution < -0.4 is 10.1 Å². The first-order valence-electron chi connectivity index (χ1n) is 5.82. The molecule has 1 aromatic carbocycles. The number of rotatable bonds is 7. The number of aliphatic hydroxyl groups is 1. The molecule has 0 spiro atoms. The molecule has 0 amide bonds. The molecule has 0 atom stereocenters. The summed E-state index contributed by atoms with van der Waals surface area (Å²) in [6.45, 7) is 6.65. The average molecular weight is 223 g/mol. The van der Waals surface area contributed by atoms with Crippen LogP contribution in [0.2, 0.25) is 0 Å². The first-order chi connectivity index (χ1) is 7.79. The molecule has 0 radical (unpaired) electrons. The van der Waals surface area contributed by atoms with E-state index < -0.39 is 0 Å². The van der Waals surface area contributed by atoms with Crippen LogP contribution in [0.1, 0.15) is 24.5 Å². The lowest BCUT2D eigenvalue weighted by atomic mass is 10.1. The van der Waals surface area contributed by atoms with Gasteiger partial charge in [-0.3, -0.25) is 0 Å². The highest BCUT2D eigenvalue weighted by molar-refractivity contribution is 5.40. The van der Waals surface area contributed by atoms with Gasteiger partial charge in [0.1, 0.15) is 5.75 Å². The fraction of sp³-hybridized carbons (Fsp3) is 0.538. The summed E-state index contributed by atoms with van der Waals surface area (Å²) in [5.41, 5.74) is 2.33. The summed E-state index contributed by atoms with van der Waals surface area (Å²) >= 11 is 0. The summed E-state index contributed by atoms with van der Waals surface area (Å²) in [5.74, 6) is 0.955. The normalized spacial score (nSPS) is 10.4.